The summed E-state index contributed by atoms with van der Waals surface area (Å²) in [6.07, 6.45) is 18.9. The molecule has 0 saturated heterocycles. The molecule has 0 aliphatic heterocycles. The third-order valence-electron chi connectivity index (χ3n) is 7.23. The second kappa shape index (κ2) is 20.1. The zero-order chi connectivity index (χ0) is 30.0. The van der Waals surface area contributed by atoms with Crippen LogP contribution in [0.1, 0.15) is 117 Å². The lowest BCUT2D eigenvalue weighted by molar-refractivity contribution is -0.137. The Morgan fingerprint density at radius 2 is 1.10 bits per heavy atom. The van der Waals surface area contributed by atoms with Crippen molar-refractivity contribution < 1.29 is 17.8 Å². The fraction of sp³-hybridized carbons (Fsp3) is 0.968. The van der Waals surface area contributed by atoms with Gasteiger partial charge in [0.05, 0.1) is 6.54 Å². The molecule has 2 N–H and O–H groups in total. The fourth-order valence-electron chi connectivity index (χ4n) is 5.60. The summed E-state index contributed by atoms with van der Waals surface area (Å²) < 4.78 is 19.5. The Kier molecular flexibility index (Phi) is 20.2. The highest BCUT2D eigenvalue weighted by Crippen LogP contribution is 2.32. The van der Waals surface area contributed by atoms with E-state index in [-0.39, 0.29) is 17.7 Å². The van der Waals surface area contributed by atoms with Gasteiger partial charge in [0.15, 0.2) is 22.4 Å². The Bertz CT molecular complexity index is 616. The third-order valence-corrected chi connectivity index (χ3v) is 16.8. The van der Waals surface area contributed by atoms with Crippen molar-refractivity contribution in [1.29, 1.82) is 0 Å². The van der Waals surface area contributed by atoms with Gasteiger partial charge in [0.25, 0.3) is 0 Å². The molecule has 0 aliphatic carbocycles. The summed E-state index contributed by atoms with van der Waals surface area (Å²) in [6, 6.07) is 0.893. The maximum atomic E-state index is 12.8. The molecule has 0 heterocycles. The lowest BCUT2D eigenvalue weighted by Gasteiger charge is -2.39. The lowest BCUT2D eigenvalue weighted by atomic mass is 9.79. The van der Waals surface area contributed by atoms with Crippen molar-refractivity contribution in [3.63, 3.8) is 0 Å². The summed E-state index contributed by atoms with van der Waals surface area (Å²) in [5.41, 5.74) is 5.59. The van der Waals surface area contributed by atoms with Gasteiger partial charge in [-0.1, -0.05) is 104 Å². The normalized spacial score (nSPS) is 14.1. The molecule has 0 aromatic carbocycles. The van der Waals surface area contributed by atoms with Crippen LogP contribution in [0, 0.1) is 5.41 Å². The van der Waals surface area contributed by atoms with Crippen LogP contribution in [0.5, 0.6) is 0 Å². The van der Waals surface area contributed by atoms with Crippen LogP contribution < -0.4 is 5.73 Å². The first-order chi connectivity index (χ1) is 18.1. The molecule has 1 unspecified atom stereocenters. The number of Topliss-reactive ketones (excluding diaryl/α,β-unsaturated/α-hetero) is 1. The van der Waals surface area contributed by atoms with E-state index in [1.807, 2.05) is 0 Å². The van der Waals surface area contributed by atoms with Gasteiger partial charge in [-0.15, -0.1) is 0 Å². The quantitative estimate of drug-likeness (QED) is 0.0787. The number of carbonyl (C=O) groups is 1. The summed E-state index contributed by atoms with van der Waals surface area (Å²) in [6.45, 7) is 22.8. The molecule has 0 bridgehead atoms. The predicted octanol–water partition coefficient (Wildman–Crippen LogP) is 9.57. The minimum Gasteiger partial charge on any atom is -0.437 e. The number of carbonyl (C=O) groups excluding carboxylic acids is 1. The third kappa shape index (κ3) is 21.5. The highest BCUT2D eigenvalue weighted by molar-refractivity contribution is 6.87. The van der Waals surface area contributed by atoms with Crippen LogP contribution >= 0.6 is 0 Å². The number of rotatable bonds is 26. The van der Waals surface area contributed by atoms with Gasteiger partial charge in [-0.05, 0) is 70.1 Å². The number of hydrogen-bond donors (Lipinski definition) is 1. The van der Waals surface area contributed by atoms with E-state index in [9.17, 15) is 4.79 Å². The monoisotopic (exact) mass is 603 g/mol. The molecular formula is C31H69NO4Si3. The van der Waals surface area contributed by atoms with Crippen LogP contribution in [0.2, 0.25) is 51.9 Å². The van der Waals surface area contributed by atoms with Crippen molar-refractivity contribution >= 4 is 31.0 Å². The summed E-state index contributed by atoms with van der Waals surface area (Å²) in [5.74, 6) is 0.0198. The fourth-order valence-corrected chi connectivity index (χ4v) is 18.1. The molecule has 1 atom stereocenters. The Hall–Kier alpha value is 0.161. The van der Waals surface area contributed by atoms with Gasteiger partial charge in [0.1, 0.15) is 6.10 Å². The first-order valence-electron chi connectivity index (χ1n) is 16.3. The van der Waals surface area contributed by atoms with Crippen LogP contribution in [0.15, 0.2) is 0 Å². The molecule has 5 nitrogen and oxygen atoms in total. The summed E-state index contributed by atoms with van der Waals surface area (Å²) >= 11 is 0. The second-order valence-electron chi connectivity index (χ2n) is 14.6. The van der Waals surface area contributed by atoms with Crippen molar-refractivity contribution in [2.45, 2.75) is 175 Å². The predicted molar refractivity (Wildman–Crippen MR) is 178 cm³/mol. The second-order valence-corrected chi connectivity index (χ2v) is 27.4. The maximum Gasteiger partial charge on any atom is 0.314 e. The van der Waals surface area contributed by atoms with E-state index < -0.39 is 31.3 Å². The molecular weight excluding hydrogens is 535 g/mol. The van der Waals surface area contributed by atoms with E-state index >= 15 is 0 Å². The van der Waals surface area contributed by atoms with Gasteiger partial charge < -0.3 is 18.7 Å². The number of ketones is 1. The van der Waals surface area contributed by atoms with Gasteiger partial charge >= 0.3 is 8.56 Å². The Morgan fingerprint density at radius 3 is 1.49 bits per heavy atom. The number of nitrogens with two attached hydrogens (primary N) is 1. The first-order valence-corrected chi connectivity index (χ1v) is 25.6. The molecule has 0 spiro atoms. The first kappa shape index (κ1) is 39.2. The number of ether oxygens (including phenoxy) is 1. The highest BCUT2D eigenvalue weighted by atomic mass is 28.5. The van der Waals surface area contributed by atoms with Crippen molar-refractivity contribution in [2.24, 2.45) is 11.1 Å². The minimum atomic E-state index is -2.29. The summed E-state index contributed by atoms with van der Waals surface area (Å²) in [4.78, 5) is 12.8. The lowest BCUT2D eigenvalue weighted by Crippen LogP contribution is -2.52. The van der Waals surface area contributed by atoms with Crippen molar-refractivity contribution in [3.8, 4) is 0 Å². The average molecular weight is 604 g/mol. The van der Waals surface area contributed by atoms with Crippen LogP contribution in [0.4, 0.5) is 0 Å². The van der Waals surface area contributed by atoms with Crippen molar-refractivity contribution in [3.05, 3.63) is 0 Å². The van der Waals surface area contributed by atoms with Gasteiger partial charge in [0, 0.05) is 6.61 Å². The van der Waals surface area contributed by atoms with E-state index in [0.29, 0.717) is 6.61 Å². The van der Waals surface area contributed by atoms with E-state index in [2.05, 4.69) is 66.6 Å². The smallest absolute Gasteiger partial charge is 0.314 e. The Morgan fingerprint density at radius 1 is 0.692 bits per heavy atom. The molecule has 0 radical (unpaired) electrons. The molecule has 234 valence electrons. The van der Waals surface area contributed by atoms with Gasteiger partial charge in [-0.25, -0.2) is 0 Å². The molecule has 0 aromatic rings. The molecule has 0 saturated carbocycles. The zero-order valence-corrected chi connectivity index (χ0v) is 31.0. The topological polar surface area (TPSA) is 70.8 Å². The van der Waals surface area contributed by atoms with Gasteiger partial charge in [-0.3, -0.25) is 4.79 Å². The minimum absolute atomic E-state index is 0.0198. The number of unbranched alkanes of at least 4 members (excludes halogenated alkanes) is 12. The van der Waals surface area contributed by atoms with Gasteiger partial charge in [-0.2, -0.15) is 0 Å². The standard InChI is InChI=1S/C31H69NO4Si3/c1-11-12-13-14-15-16-17-18-19-20-21-22-23-25-31(2,3)30(29(33)28-32)34-26-24-27-39(10,35-37(4,5)6)36-38(7,8)9/h30H,11-28,32H2,1-10H3. The Balaban J connectivity index is 4.49. The Labute approximate surface area is 247 Å². The van der Waals surface area contributed by atoms with E-state index in [4.69, 9.17) is 18.7 Å². The van der Waals surface area contributed by atoms with E-state index in [0.717, 1.165) is 25.3 Å². The number of hydrogen-bond acceptors (Lipinski definition) is 5. The van der Waals surface area contributed by atoms with Crippen LogP contribution in [-0.4, -0.2) is 50.2 Å². The molecule has 39 heavy (non-hydrogen) atoms. The van der Waals surface area contributed by atoms with Crippen molar-refractivity contribution in [2.75, 3.05) is 13.2 Å². The highest BCUT2D eigenvalue weighted by Gasteiger charge is 2.40. The van der Waals surface area contributed by atoms with Crippen LogP contribution in [-0.2, 0) is 17.8 Å². The molecule has 0 rings (SSSR count). The van der Waals surface area contributed by atoms with E-state index in [1.165, 1.54) is 77.0 Å². The SMILES string of the molecule is CCCCCCCCCCCCCCCC(C)(C)C(OCCC[Si](C)(O[Si](C)(C)C)O[Si](C)(C)C)C(=O)CN. The van der Waals surface area contributed by atoms with Crippen molar-refractivity contribution in [1.82, 2.24) is 0 Å². The molecule has 8 heteroatoms. The maximum absolute atomic E-state index is 12.8. The zero-order valence-electron chi connectivity index (χ0n) is 28.0. The average Bonchev–Trinajstić information content (AvgIpc) is 2.78. The summed E-state index contributed by atoms with van der Waals surface area (Å²) in [7, 11) is -5.73. The molecule has 0 fully saturated rings. The molecule has 0 aliphatic rings. The van der Waals surface area contributed by atoms with Crippen LogP contribution in [0.3, 0.4) is 0 Å². The molecule has 0 aromatic heterocycles. The largest absolute Gasteiger partial charge is 0.437 e. The van der Waals surface area contributed by atoms with E-state index in [1.54, 1.807) is 0 Å². The summed E-state index contributed by atoms with van der Waals surface area (Å²) in [5, 5.41) is 0. The van der Waals surface area contributed by atoms with Gasteiger partial charge in [0.2, 0.25) is 0 Å². The molecule has 0 amide bonds. The van der Waals surface area contributed by atoms with Crippen LogP contribution in [0.25, 0.3) is 0 Å².